The van der Waals surface area contributed by atoms with Gasteiger partial charge in [0.1, 0.15) is 0 Å². The van der Waals surface area contributed by atoms with Gasteiger partial charge in [-0.3, -0.25) is 4.90 Å². The molecule has 2 saturated heterocycles. The van der Waals surface area contributed by atoms with Gasteiger partial charge in [0.25, 0.3) is 0 Å². The SMILES string of the molecule is CC1(C2CC2)CN(CC2CCCN(S(C)(=O)=O)C2)CCN1. The molecule has 1 N–H and O–H groups in total. The van der Waals surface area contributed by atoms with Crippen molar-refractivity contribution in [2.24, 2.45) is 11.8 Å². The summed E-state index contributed by atoms with van der Waals surface area (Å²) < 4.78 is 25.1. The molecule has 0 aromatic carbocycles. The molecule has 2 atom stereocenters. The first-order chi connectivity index (χ1) is 9.87. The minimum atomic E-state index is -3.02. The molecule has 0 bridgehead atoms. The average Bonchev–Trinajstić information content (AvgIpc) is 3.23. The lowest BCUT2D eigenvalue weighted by atomic mass is 9.91. The van der Waals surface area contributed by atoms with E-state index in [1.54, 1.807) is 4.31 Å². The smallest absolute Gasteiger partial charge is 0.211 e. The Bertz CT molecular complexity index is 477. The van der Waals surface area contributed by atoms with E-state index in [0.29, 0.717) is 19.0 Å². The molecule has 1 saturated carbocycles. The highest BCUT2D eigenvalue weighted by Gasteiger charge is 2.44. The van der Waals surface area contributed by atoms with Gasteiger partial charge in [-0.15, -0.1) is 0 Å². The number of piperidine rings is 1. The molecule has 122 valence electrons. The van der Waals surface area contributed by atoms with Crippen LogP contribution in [-0.2, 0) is 10.0 Å². The standard InChI is InChI=1S/C15H29N3O2S/c1-15(14-5-6-14)12-17(9-7-16-15)10-13-4-3-8-18(11-13)21(2,19)20/h13-14,16H,3-12H2,1-2H3. The zero-order valence-corrected chi connectivity index (χ0v) is 14.2. The van der Waals surface area contributed by atoms with Crippen LogP contribution in [0.4, 0.5) is 0 Å². The van der Waals surface area contributed by atoms with E-state index in [-0.39, 0.29) is 5.54 Å². The topological polar surface area (TPSA) is 52.7 Å². The lowest BCUT2D eigenvalue weighted by Crippen LogP contribution is -2.61. The molecule has 0 aromatic heterocycles. The Morgan fingerprint density at radius 1 is 1.24 bits per heavy atom. The van der Waals surface area contributed by atoms with Crippen molar-refractivity contribution in [1.82, 2.24) is 14.5 Å². The van der Waals surface area contributed by atoms with Crippen LogP contribution in [0.3, 0.4) is 0 Å². The summed E-state index contributed by atoms with van der Waals surface area (Å²) in [7, 11) is -3.02. The van der Waals surface area contributed by atoms with Crippen molar-refractivity contribution < 1.29 is 8.42 Å². The van der Waals surface area contributed by atoms with Crippen LogP contribution in [0.15, 0.2) is 0 Å². The van der Waals surface area contributed by atoms with Crippen molar-refractivity contribution in [2.45, 2.75) is 38.1 Å². The number of rotatable bonds is 4. The second-order valence-corrected chi connectivity index (χ2v) is 9.47. The largest absolute Gasteiger partial charge is 0.309 e. The summed E-state index contributed by atoms with van der Waals surface area (Å²) in [5.41, 5.74) is 0.281. The third kappa shape index (κ3) is 3.78. The Kier molecular flexibility index (Phi) is 4.34. The second-order valence-electron chi connectivity index (χ2n) is 7.48. The summed E-state index contributed by atoms with van der Waals surface area (Å²) in [5.74, 6) is 1.34. The van der Waals surface area contributed by atoms with Crippen molar-refractivity contribution in [1.29, 1.82) is 0 Å². The predicted octanol–water partition coefficient (Wildman–Crippen LogP) is 0.732. The third-order valence-electron chi connectivity index (χ3n) is 5.45. The van der Waals surface area contributed by atoms with Gasteiger partial charge < -0.3 is 5.32 Å². The lowest BCUT2D eigenvalue weighted by Gasteiger charge is -2.44. The minimum Gasteiger partial charge on any atom is -0.309 e. The van der Waals surface area contributed by atoms with Crippen LogP contribution in [0.25, 0.3) is 0 Å². The zero-order valence-electron chi connectivity index (χ0n) is 13.3. The number of piperazine rings is 1. The van der Waals surface area contributed by atoms with Crippen molar-refractivity contribution in [3.05, 3.63) is 0 Å². The molecule has 1 aliphatic carbocycles. The summed E-state index contributed by atoms with van der Waals surface area (Å²) in [6, 6.07) is 0. The highest BCUT2D eigenvalue weighted by Crippen LogP contribution is 2.40. The van der Waals surface area contributed by atoms with Crippen molar-refractivity contribution in [3.8, 4) is 0 Å². The van der Waals surface area contributed by atoms with Crippen molar-refractivity contribution in [3.63, 3.8) is 0 Å². The maximum atomic E-state index is 11.7. The highest BCUT2D eigenvalue weighted by molar-refractivity contribution is 7.88. The molecule has 2 unspecified atom stereocenters. The van der Waals surface area contributed by atoms with E-state index in [1.807, 2.05) is 0 Å². The first-order valence-corrected chi connectivity index (χ1v) is 10.1. The summed E-state index contributed by atoms with van der Waals surface area (Å²) in [4.78, 5) is 2.56. The fraction of sp³-hybridized carbons (Fsp3) is 1.00. The van der Waals surface area contributed by atoms with E-state index in [1.165, 1.54) is 19.1 Å². The molecule has 21 heavy (non-hydrogen) atoms. The molecule has 6 heteroatoms. The Labute approximate surface area is 129 Å². The van der Waals surface area contributed by atoms with Gasteiger partial charge in [0.15, 0.2) is 0 Å². The van der Waals surface area contributed by atoms with Gasteiger partial charge in [0.2, 0.25) is 10.0 Å². The molecule has 3 aliphatic rings. The summed E-state index contributed by atoms with van der Waals surface area (Å²) in [6.07, 6.45) is 6.23. The van der Waals surface area contributed by atoms with E-state index in [2.05, 4.69) is 17.1 Å². The lowest BCUT2D eigenvalue weighted by molar-refractivity contribution is 0.0979. The fourth-order valence-corrected chi connectivity index (χ4v) is 5.03. The van der Waals surface area contributed by atoms with Crippen LogP contribution in [0.2, 0.25) is 0 Å². The molecule has 0 amide bonds. The molecular formula is C15H29N3O2S. The van der Waals surface area contributed by atoms with Gasteiger partial charge in [-0.25, -0.2) is 12.7 Å². The molecule has 2 heterocycles. The molecule has 3 fully saturated rings. The van der Waals surface area contributed by atoms with Crippen LogP contribution in [0.5, 0.6) is 0 Å². The summed E-state index contributed by atoms with van der Waals surface area (Å²) >= 11 is 0. The van der Waals surface area contributed by atoms with E-state index in [9.17, 15) is 8.42 Å². The molecule has 0 radical (unpaired) electrons. The van der Waals surface area contributed by atoms with E-state index in [4.69, 9.17) is 0 Å². The van der Waals surface area contributed by atoms with Gasteiger partial charge >= 0.3 is 0 Å². The van der Waals surface area contributed by atoms with E-state index >= 15 is 0 Å². The normalized spacial score (nSPS) is 36.8. The Balaban J connectivity index is 1.56. The van der Waals surface area contributed by atoms with Crippen molar-refractivity contribution in [2.75, 3.05) is 45.5 Å². The van der Waals surface area contributed by atoms with E-state index in [0.717, 1.165) is 44.9 Å². The summed E-state index contributed by atoms with van der Waals surface area (Å²) in [6.45, 7) is 8.11. The quantitative estimate of drug-likeness (QED) is 0.831. The highest BCUT2D eigenvalue weighted by atomic mass is 32.2. The van der Waals surface area contributed by atoms with Crippen LogP contribution in [-0.4, -0.2) is 68.7 Å². The Hall–Kier alpha value is -0.170. The number of hydrogen-bond acceptors (Lipinski definition) is 4. The van der Waals surface area contributed by atoms with Crippen LogP contribution in [0.1, 0.15) is 32.6 Å². The van der Waals surface area contributed by atoms with Crippen LogP contribution < -0.4 is 5.32 Å². The number of nitrogens with zero attached hydrogens (tertiary/aromatic N) is 2. The van der Waals surface area contributed by atoms with Gasteiger partial charge in [0, 0.05) is 44.8 Å². The van der Waals surface area contributed by atoms with Crippen LogP contribution in [0, 0.1) is 11.8 Å². The second kappa shape index (κ2) is 5.80. The fourth-order valence-electron chi connectivity index (χ4n) is 4.09. The molecule has 0 spiro atoms. The number of nitrogens with one attached hydrogen (secondary N) is 1. The van der Waals surface area contributed by atoms with Gasteiger partial charge in [-0.05, 0) is 44.4 Å². The van der Waals surface area contributed by atoms with E-state index < -0.39 is 10.0 Å². The maximum absolute atomic E-state index is 11.7. The first kappa shape index (κ1) is 15.7. The van der Waals surface area contributed by atoms with Gasteiger partial charge in [0.05, 0.1) is 6.26 Å². The molecule has 3 rings (SSSR count). The summed E-state index contributed by atoms with van der Waals surface area (Å²) in [5, 5.41) is 3.71. The van der Waals surface area contributed by atoms with Gasteiger partial charge in [-0.2, -0.15) is 0 Å². The first-order valence-electron chi connectivity index (χ1n) is 8.29. The monoisotopic (exact) mass is 315 g/mol. The van der Waals surface area contributed by atoms with Gasteiger partial charge in [-0.1, -0.05) is 0 Å². The third-order valence-corrected chi connectivity index (χ3v) is 6.72. The maximum Gasteiger partial charge on any atom is 0.211 e. The number of hydrogen-bond donors (Lipinski definition) is 1. The molecule has 0 aromatic rings. The predicted molar refractivity (Wildman–Crippen MR) is 84.7 cm³/mol. The molecule has 5 nitrogen and oxygen atoms in total. The van der Waals surface area contributed by atoms with Crippen LogP contribution >= 0.6 is 0 Å². The Morgan fingerprint density at radius 2 is 2.00 bits per heavy atom. The molecule has 2 aliphatic heterocycles. The number of sulfonamides is 1. The minimum absolute atomic E-state index is 0.281. The molecular weight excluding hydrogens is 286 g/mol. The Morgan fingerprint density at radius 3 is 2.67 bits per heavy atom. The average molecular weight is 315 g/mol. The zero-order chi connectivity index (χ0) is 15.1. The van der Waals surface area contributed by atoms with Crippen molar-refractivity contribution >= 4 is 10.0 Å².